The van der Waals surface area contributed by atoms with Crippen LogP contribution in [0.2, 0.25) is 0 Å². The molecule has 0 N–H and O–H groups in total. The molecule has 0 fully saturated rings. The minimum Gasteiger partial charge on any atom is -0.464 e. The molecule has 3 heterocycles. The minimum absolute atomic E-state index is 0.915. The number of furan rings is 1. The van der Waals surface area contributed by atoms with Crippen molar-refractivity contribution in [3.05, 3.63) is 40.5 Å². The standard InChI is InChI=1S/C17H18N2OS/c1-3-4-14-15(19-7-6-18-17(19)21-14)13-9-11(2)16-12(10-13)5-8-20-16/h5,8-10H,3-4,6-7H2,1-2H3. The van der Waals surface area contributed by atoms with Crippen LogP contribution in [-0.4, -0.2) is 23.2 Å². The molecule has 0 saturated heterocycles. The Labute approximate surface area is 128 Å². The number of aryl methyl sites for hydroxylation is 1. The van der Waals surface area contributed by atoms with E-state index in [1.807, 2.05) is 17.8 Å². The lowest BCUT2D eigenvalue weighted by Gasteiger charge is -2.18. The highest BCUT2D eigenvalue weighted by Crippen LogP contribution is 2.44. The number of benzene rings is 1. The zero-order chi connectivity index (χ0) is 14.4. The molecule has 0 unspecified atom stereocenters. The number of amidine groups is 1. The van der Waals surface area contributed by atoms with Crippen LogP contribution in [0.3, 0.4) is 0 Å². The number of fused-ring (bicyclic) bond motifs is 2. The van der Waals surface area contributed by atoms with Crippen LogP contribution in [0.25, 0.3) is 16.7 Å². The van der Waals surface area contributed by atoms with E-state index in [0.29, 0.717) is 0 Å². The third-order valence-corrected chi connectivity index (χ3v) is 5.21. The maximum atomic E-state index is 5.57. The fourth-order valence-corrected chi connectivity index (χ4v) is 4.44. The van der Waals surface area contributed by atoms with Crippen molar-refractivity contribution < 1.29 is 4.42 Å². The van der Waals surface area contributed by atoms with Gasteiger partial charge in [-0.15, -0.1) is 0 Å². The van der Waals surface area contributed by atoms with Gasteiger partial charge in [-0.25, -0.2) is 0 Å². The lowest BCUT2D eigenvalue weighted by Crippen LogP contribution is -2.20. The van der Waals surface area contributed by atoms with E-state index in [2.05, 4.69) is 35.9 Å². The first-order valence-corrected chi connectivity index (χ1v) is 8.31. The molecule has 0 spiro atoms. The Kier molecular flexibility index (Phi) is 3.07. The van der Waals surface area contributed by atoms with Crippen LogP contribution in [0.4, 0.5) is 0 Å². The molecule has 2 aromatic rings. The molecule has 4 rings (SSSR count). The number of allylic oxidation sites excluding steroid dienone is 1. The van der Waals surface area contributed by atoms with E-state index < -0.39 is 0 Å². The fourth-order valence-electron chi connectivity index (χ4n) is 3.14. The van der Waals surface area contributed by atoms with Gasteiger partial charge in [0.2, 0.25) is 0 Å². The van der Waals surface area contributed by atoms with Gasteiger partial charge in [-0.2, -0.15) is 0 Å². The Morgan fingerprint density at radius 2 is 2.29 bits per heavy atom. The van der Waals surface area contributed by atoms with E-state index in [1.54, 1.807) is 6.26 Å². The topological polar surface area (TPSA) is 28.7 Å². The number of thioether (sulfide) groups is 1. The zero-order valence-corrected chi connectivity index (χ0v) is 13.2. The van der Waals surface area contributed by atoms with Crippen LogP contribution in [0, 0.1) is 6.92 Å². The summed E-state index contributed by atoms with van der Waals surface area (Å²) in [5.41, 5.74) is 4.86. The van der Waals surface area contributed by atoms with E-state index in [9.17, 15) is 0 Å². The number of nitrogens with zero attached hydrogens (tertiary/aromatic N) is 2. The molecule has 1 aromatic heterocycles. The van der Waals surface area contributed by atoms with Crippen LogP contribution in [-0.2, 0) is 0 Å². The van der Waals surface area contributed by atoms with E-state index in [1.165, 1.54) is 38.7 Å². The molecule has 0 aliphatic carbocycles. The smallest absolute Gasteiger partial charge is 0.168 e. The molecule has 3 nitrogen and oxygen atoms in total. The molecule has 0 bridgehead atoms. The van der Waals surface area contributed by atoms with Crippen molar-refractivity contribution in [2.45, 2.75) is 26.7 Å². The Balaban J connectivity index is 1.87. The first-order chi connectivity index (χ1) is 10.3. The summed E-state index contributed by atoms with van der Waals surface area (Å²) in [4.78, 5) is 8.47. The average molecular weight is 298 g/mol. The van der Waals surface area contributed by atoms with Crippen molar-refractivity contribution >= 4 is 33.6 Å². The lowest BCUT2D eigenvalue weighted by molar-refractivity contribution is 0.613. The first kappa shape index (κ1) is 13.0. The number of rotatable bonds is 3. The molecule has 0 radical (unpaired) electrons. The molecular weight excluding hydrogens is 280 g/mol. The zero-order valence-electron chi connectivity index (χ0n) is 12.3. The van der Waals surface area contributed by atoms with Crippen LogP contribution >= 0.6 is 11.8 Å². The van der Waals surface area contributed by atoms with Crippen molar-refractivity contribution in [1.29, 1.82) is 0 Å². The third kappa shape index (κ3) is 2.01. The maximum Gasteiger partial charge on any atom is 0.168 e. The SMILES string of the molecule is CCCC1=C(c2cc(C)c3occc3c2)N2CCN=C2S1. The van der Waals surface area contributed by atoms with Crippen LogP contribution in [0.5, 0.6) is 0 Å². The van der Waals surface area contributed by atoms with Gasteiger partial charge in [-0.1, -0.05) is 25.1 Å². The Bertz CT molecular complexity index is 772. The molecular formula is C17H18N2OS. The number of aliphatic imine (C=N–C) groups is 1. The average Bonchev–Trinajstić information content (AvgIpc) is 3.13. The molecule has 108 valence electrons. The van der Waals surface area contributed by atoms with E-state index in [4.69, 9.17) is 4.42 Å². The summed E-state index contributed by atoms with van der Waals surface area (Å²) >= 11 is 1.85. The van der Waals surface area contributed by atoms with E-state index >= 15 is 0 Å². The molecule has 2 aliphatic heterocycles. The van der Waals surface area contributed by atoms with Gasteiger partial charge in [0.15, 0.2) is 5.17 Å². The Hall–Kier alpha value is -1.68. The normalized spacial score (nSPS) is 17.8. The largest absolute Gasteiger partial charge is 0.464 e. The molecule has 21 heavy (non-hydrogen) atoms. The highest BCUT2D eigenvalue weighted by molar-refractivity contribution is 8.17. The number of hydrogen-bond acceptors (Lipinski definition) is 4. The predicted octanol–water partition coefficient (Wildman–Crippen LogP) is 4.63. The van der Waals surface area contributed by atoms with Crippen LogP contribution < -0.4 is 0 Å². The van der Waals surface area contributed by atoms with Crippen LogP contribution in [0.15, 0.2) is 38.8 Å². The monoisotopic (exact) mass is 298 g/mol. The summed E-state index contributed by atoms with van der Waals surface area (Å²) in [6.45, 7) is 6.28. The summed E-state index contributed by atoms with van der Waals surface area (Å²) in [5.74, 6) is 0. The van der Waals surface area contributed by atoms with Crippen molar-refractivity contribution in [2.24, 2.45) is 4.99 Å². The molecule has 0 amide bonds. The molecule has 4 heteroatoms. The van der Waals surface area contributed by atoms with Crippen molar-refractivity contribution in [2.75, 3.05) is 13.1 Å². The number of hydrogen-bond donors (Lipinski definition) is 0. The van der Waals surface area contributed by atoms with Gasteiger partial charge in [-0.05, 0) is 37.1 Å². The molecule has 1 aromatic carbocycles. The second-order valence-electron chi connectivity index (χ2n) is 5.57. The van der Waals surface area contributed by atoms with Crippen molar-refractivity contribution in [3.63, 3.8) is 0 Å². The summed E-state index contributed by atoms with van der Waals surface area (Å²) in [7, 11) is 0. The van der Waals surface area contributed by atoms with Gasteiger partial charge >= 0.3 is 0 Å². The summed E-state index contributed by atoms with van der Waals surface area (Å²) in [5, 5.41) is 2.36. The highest BCUT2D eigenvalue weighted by Gasteiger charge is 2.32. The summed E-state index contributed by atoms with van der Waals surface area (Å²) in [6.07, 6.45) is 4.06. The van der Waals surface area contributed by atoms with Gasteiger partial charge in [-0.3, -0.25) is 4.99 Å². The van der Waals surface area contributed by atoms with Crippen molar-refractivity contribution in [3.8, 4) is 0 Å². The van der Waals surface area contributed by atoms with Crippen molar-refractivity contribution in [1.82, 2.24) is 4.90 Å². The molecule has 0 saturated carbocycles. The minimum atomic E-state index is 0.915. The summed E-state index contributed by atoms with van der Waals surface area (Å²) < 4.78 is 5.57. The first-order valence-electron chi connectivity index (χ1n) is 7.49. The Morgan fingerprint density at radius 1 is 1.38 bits per heavy atom. The van der Waals surface area contributed by atoms with Gasteiger partial charge in [0.05, 0.1) is 18.5 Å². The lowest BCUT2D eigenvalue weighted by atomic mass is 10.0. The second-order valence-corrected chi connectivity index (χ2v) is 6.63. The van der Waals surface area contributed by atoms with Gasteiger partial charge in [0.1, 0.15) is 5.58 Å². The highest BCUT2D eigenvalue weighted by atomic mass is 32.2. The predicted molar refractivity (Wildman–Crippen MR) is 89.4 cm³/mol. The van der Waals surface area contributed by atoms with Gasteiger partial charge < -0.3 is 9.32 Å². The second kappa shape index (κ2) is 4.95. The van der Waals surface area contributed by atoms with Crippen LogP contribution in [0.1, 0.15) is 30.9 Å². The fraction of sp³-hybridized carbons (Fsp3) is 0.353. The quantitative estimate of drug-likeness (QED) is 0.827. The molecule has 0 atom stereocenters. The van der Waals surface area contributed by atoms with Gasteiger partial charge in [0, 0.05) is 22.4 Å². The third-order valence-electron chi connectivity index (χ3n) is 4.04. The van der Waals surface area contributed by atoms with Gasteiger partial charge in [0.25, 0.3) is 0 Å². The van der Waals surface area contributed by atoms with E-state index in [-0.39, 0.29) is 0 Å². The Morgan fingerprint density at radius 3 is 3.14 bits per heavy atom. The van der Waals surface area contributed by atoms with E-state index in [0.717, 1.165) is 25.1 Å². The molecule has 2 aliphatic rings. The maximum absolute atomic E-state index is 5.57. The summed E-state index contributed by atoms with van der Waals surface area (Å²) in [6, 6.07) is 6.55.